The lowest BCUT2D eigenvalue weighted by atomic mass is 9.93. The summed E-state index contributed by atoms with van der Waals surface area (Å²) >= 11 is 0. The molecule has 0 radical (unpaired) electrons. The molecule has 1 saturated heterocycles. The van der Waals surface area contributed by atoms with Crippen molar-refractivity contribution in [2.75, 3.05) is 19.6 Å². The van der Waals surface area contributed by atoms with E-state index < -0.39 is 0 Å². The zero-order valence-electron chi connectivity index (χ0n) is 17.5. The highest BCUT2D eigenvalue weighted by Crippen LogP contribution is 2.23. The number of amides is 1. The van der Waals surface area contributed by atoms with E-state index in [2.05, 4.69) is 27.4 Å². The Hall–Kier alpha value is -2.66. The van der Waals surface area contributed by atoms with Gasteiger partial charge >= 0.3 is 0 Å². The first kappa shape index (κ1) is 20.6. The van der Waals surface area contributed by atoms with Gasteiger partial charge in [-0.3, -0.25) is 9.78 Å². The lowest BCUT2D eigenvalue weighted by Gasteiger charge is -2.34. The number of nitrogens with one attached hydrogen (secondary N) is 1. The summed E-state index contributed by atoms with van der Waals surface area (Å²) in [5.74, 6) is 1.59. The number of benzene rings is 1. The minimum atomic E-state index is -0.0794. The standard InChI is InChI=1S/C25H31N3O2/c29-25(27-18-20-10-14-26-15-11-20)22-6-8-23(9-7-22)30-24-12-16-28(17-13-24)19-21-4-2-1-3-5-21/h1-2,6-11,14-15,21,24H,3-5,12-13,16-19H2,(H,27,29)/t21-/m0/s1. The second-order valence-electron chi connectivity index (χ2n) is 8.33. The quantitative estimate of drug-likeness (QED) is 0.701. The van der Waals surface area contributed by atoms with Crippen LogP contribution in [0.3, 0.4) is 0 Å². The van der Waals surface area contributed by atoms with Crippen LogP contribution in [0, 0.1) is 5.92 Å². The molecule has 1 aromatic carbocycles. The van der Waals surface area contributed by atoms with Gasteiger partial charge in [0.25, 0.3) is 5.91 Å². The molecule has 4 rings (SSSR count). The van der Waals surface area contributed by atoms with Crippen molar-refractivity contribution < 1.29 is 9.53 Å². The molecule has 0 bridgehead atoms. The molecule has 5 heteroatoms. The molecule has 2 heterocycles. The number of likely N-dealkylation sites (tertiary alicyclic amines) is 1. The van der Waals surface area contributed by atoms with Crippen molar-refractivity contribution in [1.82, 2.24) is 15.2 Å². The first-order chi connectivity index (χ1) is 14.8. The van der Waals surface area contributed by atoms with Crippen LogP contribution in [-0.4, -0.2) is 41.5 Å². The van der Waals surface area contributed by atoms with Crippen molar-refractivity contribution in [2.45, 2.75) is 44.8 Å². The van der Waals surface area contributed by atoms with Gasteiger partial charge in [-0.05, 0) is 80.0 Å². The van der Waals surface area contributed by atoms with E-state index >= 15 is 0 Å². The molecular weight excluding hydrogens is 374 g/mol. The molecule has 1 aliphatic carbocycles. The van der Waals surface area contributed by atoms with Gasteiger partial charge in [-0.15, -0.1) is 0 Å². The van der Waals surface area contributed by atoms with E-state index in [0.717, 1.165) is 43.2 Å². The average Bonchev–Trinajstić information content (AvgIpc) is 2.81. The molecule has 1 N–H and O–H groups in total. The van der Waals surface area contributed by atoms with Crippen LogP contribution in [0.2, 0.25) is 0 Å². The van der Waals surface area contributed by atoms with Crippen LogP contribution in [0.5, 0.6) is 5.75 Å². The Morgan fingerprint density at radius 2 is 1.80 bits per heavy atom. The summed E-state index contributed by atoms with van der Waals surface area (Å²) in [4.78, 5) is 18.9. The highest BCUT2D eigenvalue weighted by molar-refractivity contribution is 5.94. The molecule has 1 aromatic heterocycles. The number of nitrogens with zero attached hydrogens (tertiary/aromatic N) is 2. The van der Waals surface area contributed by atoms with Gasteiger partial charge in [-0.25, -0.2) is 0 Å². The van der Waals surface area contributed by atoms with Crippen LogP contribution >= 0.6 is 0 Å². The van der Waals surface area contributed by atoms with Crippen molar-refractivity contribution >= 4 is 5.91 Å². The highest BCUT2D eigenvalue weighted by Gasteiger charge is 2.23. The smallest absolute Gasteiger partial charge is 0.251 e. The average molecular weight is 406 g/mol. The second-order valence-corrected chi connectivity index (χ2v) is 8.33. The Morgan fingerprint density at radius 1 is 1.03 bits per heavy atom. The number of aromatic nitrogens is 1. The van der Waals surface area contributed by atoms with Crippen LogP contribution in [-0.2, 0) is 6.54 Å². The number of hydrogen-bond donors (Lipinski definition) is 1. The molecule has 0 unspecified atom stereocenters. The molecule has 2 aliphatic rings. The van der Waals surface area contributed by atoms with Gasteiger partial charge in [0.2, 0.25) is 0 Å². The van der Waals surface area contributed by atoms with E-state index in [1.165, 1.54) is 25.8 Å². The summed E-state index contributed by atoms with van der Waals surface area (Å²) in [5.41, 5.74) is 1.68. The number of ether oxygens (including phenoxy) is 1. The maximum atomic E-state index is 12.3. The Balaban J connectivity index is 1.20. The number of piperidine rings is 1. The number of hydrogen-bond acceptors (Lipinski definition) is 4. The molecule has 1 fully saturated rings. The fourth-order valence-corrected chi connectivity index (χ4v) is 4.26. The van der Waals surface area contributed by atoms with Crippen LogP contribution < -0.4 is 10.1 Å². The van der Waals surface area contributed by atoms with Crippen molar-refractivity contribution in [3.8, 4) is 5.75 Å². The third-order valence-electron chi connectivity index (χ3n) is 6.05. The molecule has 30 heavy (non-hydrogen) atoms. The molecular formula is C25H31N3O2. The van der Waals surface area contributed by atoms with Crippen molar-refractivity contribution in [2.24, 2.45) is 5.92 Å². The van der Waals surface area contributed by atoms with Gasteiger partial charge in [0.1, 0.15) is 11.9 Å². The van der Waals surface area contributed by atoms with Gasteiger partial charge < -0.3 is 15.0 Å². The fourth-order valence-electron chi connectivity index (χ4n) is 4.26. The number of rotatable bonds is 7. The monoisotopic (exact) mass is 405 g/mol. The van der Waals surface area contributed by atoms with Gasteiger partial charge in [-0.1, -0.05) is 12.2 Å². The predicted octanol–water partition coefficient (Wildman–Crippen LogP) is 4.21. The van der Waals surface area contributed by atoms with E-state index in [0.29, 0.717) is 12.1 Å². The zero-order chi connectivity index (χ0) is 20.6. The number of allylic oxidation sites excluding steroid dienone is 2. The molecule has 0 saturated carbocycles. The van der Waals surface area contributed by atoms with Crippen LogP contribution in [0.15, 0.2) is 60.9 Å². The molecule has 158 valence electrons. The topological polar surface area (TPSA) is 54.5 Å². The molecule has 5 nitrogen and oxygen atoms in total. The lowest BCUT2D eigenvalue weighted by Crippen LogP contribution is -2.40. The summed E-state index contributed by atoms with van der Waals surface area (Å²) in [7, 11) is 0. The molecule has 0 spiro atoms. The molecule has 1 atom stereocenters. The second kappa shape index (κ2) is 10.4. The number of pyridine rings is 1. The van der Waals surface area contributed by atoms with Crippen LogP contribution in [0.25, 0.3) is 0 Å². The normalized spacial score (nSPS) is 20.1. The Morgan fingerprint density at radius 3 is 2.50 bits per heavy atom. The lowest BCUT2D eigenvalue weighted by molar-refractivity contribution is 0.0899. The Kier molecular flexibility index (Phi) is 7.14. The fraction of sp³-hybridized carbons (Fsp3) is 0.440. The number of carbonyl (C=O) groups excluding carboxylic acids is 1. The predicted molar refractivity (Wildman–Crippen MR) is 118 cm³/mol. The van der Waals surface area contributed by atoms with Gasteiger partial charge in [-0.2, -0.15) is 0 Å². The first-order valence-electron chi connectivity index (χ1n) is 11.1. The van der Waals surface area contributed by atoms with E-state index in [-0.39, 0.29) is 12.0 Å². The Labute approximate surface area is 179 Å². The minimum absolute atomic E-state index is 0.0794. The third kappa shape index (κ3) is 5.92. The van der Waals surface area contributed by atoms with E-state index in [1.54, 1.807) is 12.4 Å². The summed E-state index contributed by atoms with van der Waals surface area (Å²) in [6.07, 6.45) is 14.3. The zero-order valence-corrected chi connectivity index (χ0v) is 17.5. The summed E-state index contributed by atoms with van der Waals surface area (Å²) in [5, 5.41) is 2.94. The SMILES string of the molecule is O=C(NCc1ccncc1)c1ccc(OC2CCN(C[C@H]3CC=CCC3)CC2)cc1. The maximum absolute atomic E-state index is 12.3. The molecule has 1 aliphatic heterocycles. The Bertz CT molecular complexity index is 827. The van der Waals surface area contributed by atoms with Gasteiger partial charge in [0.15, 0.2) is 0 Å². The summed E-state index contributed by atoms with van der Waals surface area (Å²) < 4.78 is 6.18. The van der Waals surface area contributed by atoms with E-state index in [4.69, 9.17) is 4.74 Å². The minimum Gasteiger partial charge on any atom is -0.490 e. The third-order valence-corrected chi connectivity index (χ3v) is 6.05. The molecule has 1 amide bonds. The van der Waals surface area contributed by atoms with Crippen LogP contribution in [0.4, 0.5) is 0 Å². The first-order valence-corrected chi connectivity index (χ1v) is 11.1. The molecule has 2 aromatic rings. The number of carbonyl (C=O) groups is 1. The van der Waals surface area contributed by atoms with Crippen molar-refractivity contribution in [1.29, 1.82) is 0 Å². The highest BCUT2D eigenvalue weighted by atomic mass is 16.5. The van der Waals surface area contributed by atoms with Gasteiger partial charge in [0.05, 0.1) is 0 Å². The van der Waals surface area contributed by atoms with E-state index in [1.807, 2.05) is 36.4 Å². The summed E-state index contributed by atoms with van der Waals surface area (Å²) in [6, 6.07) is 11.3. The largest absolute Gasteiger partial charge is 0.490 e. The van der Waals surface area contributed by atoms with Gasteiger partial charge in [0, 0.05) is 44.1 Å². The van der Waals surface area contributed by atoms with Crippen molar-refractivity contribution in [3.63, 3.8) is 0 Å². The van der Waals surface area contributed by atoms with Crippen LogP contribution in [0.1, 0.15) is 48.0 Å². The van der Waals surface area contributed by atoms with Crippen molar-refractivity contribution in [3.05, 3.63) is 72.1 Å². The van der Waals surface area contributed by atoms with E-state index in [9.17, 15) is 4.79 Å². The maximum Gasteiger partial charge on any atom is 0.251 e. The summed E-state index contributed by atoms with van der Waals surface area (Å²) in [6.45, 7) is 3.94.